The lowest BCUT2D eigenvalue weighted by Crippen LogP contribution is -2.42. The van der Waals surface area contributed by atoms with Crippen molar-refractivity contribution in [1.29, 1.82) is 0 Å². The number of nitrogens with zero attached hydrogens (tertiary/aromatic N) is 1. The summed E-state index contributed by atoms with van der Waals surface area (Å²) in [6, 6.07) is 0.349. The highest BCUT2D eigenvalue weighted by atomic mass is 16.5. The summed E-state index contributed by atoms with van der Waals surface area (Å²) in [6.45, 7) is 13.7. The Labute approximate surface area is 112 Å². The van der Waals surface area contributed by atoms with Crippen molar-refractivity contribution in [2.45, 2.75) is 59.5 Å². The number of carbonyl (C=O) groups excluding carboxylic acids is 1. The molecule has 0 aromatic rings. The predicted molar refractivity (Wildman–Crippen MR) is 75.7 cm³/mol. The Morgan fingerprint density at radius 2 is 1.94 bits per heavy atom. The van der Waals surface area contributed by atoms with Gasteiger partial charge in [-0.1, -0.05) is 13.8 Å². The molecule has 1 N–H and O–H groups in total. The molecule has 108 valence electrons. The summed E-state index contributed by atoms with van der Waals surface area (Å²) in [7, 11) is 0. The Hall–Kier alpha value is -0.610. The van der Waals surface area contributed by atoms with E-state index in [2.05, 4.69) is 37.9 Å². The van der Waals surface area contributed by atoms with Gasteiger partial charge in [0.25, 0.3) is 0 Å². The fourth-order valence-electron chi connectivity index (χ4n) is 1.94. The lowest BCUT2D eigenvalue weighted by atomic mass is 10.1. The number of rotatable bonds is 10. The quantitative estimate of drug-likeness (QED) is 0.609. The third-order valence-electron chi connectivity index (χ3n) is 3.05. The second-order valence-corrected chi connectivity index (χ2v) is 4.77. The maximum absolute atomic E-state index is 11.8. The summed E-state index contributed by atoms with van der Waals surface area (Å²) in [5.41, 5.74) is 0. The lowest BCUT2D eigenvalue weighted by molar-refractivity contribution is -0.146. The molecule has 1 atom stereocenters. The highest BCUT2D eigenvalue weighted by Gasteiger charge is 2.20. The highest BCUT2D eigenvalue weighted by molar-refractivity contribution is 5.75. The average Bonchev–Trinajstić information content (AvgIpc) is 2.33. The minimum atomic E-state index is -0.169. The molecular formula is C14H30N2O2. The first-order chi connectivity index (χ1) is 8.56. The van der Waals surface area contributed by atoms with Gasteiger partial charge in [0.1, 0.15) is 6.04 Å². The standard InChI is InChI=1S/C14H30N2O2/c1-6-10-15-13(14(17)18-8-3)9-11-16(7-2)12(4)5/h12-13,15H,6-11H2,1-5H3. The molecule has 0 fully saturated rings. The van der Waals surface area contributed by atoms with E-state index in [-0.39, 0.29) is 12.0 Å². The van der Waals surface area contributed by atoms with Crippen LogP contribution in [0.5, 0.6) is 0 Å². The Morgan fingerprint density at radius 3 is 2.39 bits per heavy atom. The fraction of sp³-hybridized carbons (Fsp3) is 0.929. The molecule has 0 saturated carbocycles. The topological polar surface area (TPSA) is 41.6 Å². The van der Waals surface area contributed by atoms with Gasteiger partial charge < -0.3 is 15.0 Å². The van der Waals surface area contributed by atoms with Gasteiger partial charge in [-0.25, -0.2) is 0 Å². The van der Waals surface area contributed by atoms with E-state index >= 15 is 0 Å². The predicted octanol–water partition coefficient (Wildman–Crippen LogP) is 2.04. The van der Waals surface area contributed by atoms with Crippen molar-refractivity contribution >= 4 is 5.97 Å². The van der Waals surface area contributed by atoms with E-state index < -0.39 is 0 Å². The normalized spacial score (nSPS) is 13.1. The van der Waals surface area contributed by atoms with Crippen molar-refractivity contribution in [1.82, 2.24) is 10.2 Å². The average molecular weight is 258 g/mol. The Bertz CT molecular complexity index is 220. The van der Waals surface area contributed by atoms with Crippen LogP contribution in [0.1, 0.15) is 47.5 Å². The maximum Gasteiger partial charge on any atom is 0.323 e. The molecule has 4 heteroatoms. The SMILES string of the molecule is CCCNC(CCN(CC)C(C)C)C(=O)OCC. The molecule has 0 bridgehead atoms. The smallest absolute Gasteiger partial charge is 0.323 e. The van der Waals surface area contributed by atoms with Gasteiger partial charge in [-0.2, -0.15) is 0 Å². The molecule has 0 amide bonds. The fourth-order valence-corrected chi connectivity index (χ4v) is 1.94. The van der Waals surface area contributed by atoms with Crippen LogP contribution in [0.2, 0.25) is 0 Å². The summed E-state index contributed by atoms with van der Waals surface area (Å²) < 4.78 is 5.11. The summed E-state index contributed by atoms with van der Waals surface area (Å²) in [6.07, 6.45) is 1.84. The maximum atomic E-state index is 11.8. The monoisotopic (exact) mass is 258 g/mol. The zero-order chi connectivity index (χ0) is 14.0. The van der Waals surface area contributed by atoms with Crippen LogP contribution in [0.3, 0.4) is 0 Å². The summed E-state index contributed by atoms with van der Waals surface area (Å²) in [5.74, 6) is -0.120. The highest BCUT2D eigenvalue weighted by Crippen LogP contribution is 2.03. The largest absolute Gasteiger partial charge is 0.465 e. The van der Waals surface area contributed by atoms with Gasteiger partial charge in [0.2, 0.25) is 0 Å². The number of nitrogens with one attached hydrogen (secondary N) is 1. The zero-order valence-electron chi connectivity index (χ0n) is 12.7. The summed E-state index contributed by atoms with van der Waals surface area (Å²) in [5, 5.41) is 3.27. The molecule has 18 heavy (non-hydrogen) atoms. The first kappa shape index (κ1) is 17.4. The van der Waals surface area contributed by atoms with Gasteiger partial charge in [0, 0.05) is 12.6 Å². The molecule has 0 saturated heterocycles. The molecule has 0 aromatic heterocycles. The van der Waals surface area contributed by atoms with E-state index in [1.54, 1.807) is 0 Å². The Balaban J connectivity index is 4.25. The first-order valence-corrected chi connectivity index (χ1v) is 7.20. The summed E-state index contributed by atoms with van der Waals surface area (Å²) in [4.78, 5) is 14.2. The molecule has 0 aliphatic rings. The van der Waals surface area contributed by atoms with Crippen LogP contribution in [0.4, 0.5) is 0 Å². The van der Waals surface area contributed by atoms with Crippen molar-refractivity contribution in [3.8, 4) is 0 Å². The molecule has 0 rings (SSSR count). The Morgan fingerprint density at radius 1 is 1.28 bits per heavy atom. The number of hydrogen-bond acceptors (Lipinski definition) is 4. The van der Waals surface area contributed by atoms with Crippen LogP contribution in [-0.4, -0.2) is 49.2 Å². The van der Waals surface area contributed by atoms with E-state index in [4.69, 9.17) is 4.74 Å². The number of ether oxygens (including phenoxy) is 1. The first-order valence-electron chi connectivity index (χ1n) is 7.20. The van der Waals surface area contributed by atoms with E-state index in [1.165, 1.54) is 0 Å². The number of esters is 1. The van der Waals surface area contributed by atoms with Crippen LogP contribution in [0.25, 0.3) is 0 Å². The van der Waals surface area contributed by atoms with Crippen LogP contribution >= 0.6 is 0 Å². The molecule has 4 nitrogen and oxygen atoms in total. The molecule has 0 aliphatic heterocycles. The minimum absolute atomic E-state index is 0.120. The Kier molecular flexibility index (Phi) is 9.98. The third-order valence-corrected chi connectivity index (χ3v) is 3.05. The molecular weight excluding hydrogens is 228 g/mol. The van der Waals surface area contributed by atoms with Gasteiger partial charge in [-0.15, -0.1) is 0 Å². The third kappa shape index (κ3) is 6.97. The molecule has 0 spiro atoms. The molecule has 0 aliphatic carbocycles. The second kappa shape index (κ2) is 10.3. The van der Waals surface area contributed by atoms with Crippen LogP contribution in [0, 0.1) is 0 Å². The van der Waals surface area contributed by atoms with Crippen LogP contribution < -0.4 is 5.32 Å². The van der Waals surface area contributed by atoms with E-state index in [9.17, 15) is 4.79 Å². The molecule has 1 unspecified atom stereocenters. The van der Waals surface area contributed by atoms with Crippen molar-refractivity contribution < 1.29 is 9.53 Å². The van der Waals surface area contributed by atoms with Crippen molar-refractivity contribution in [2.75, 3.05) is 26.2 Å². The van der Waals surface area contributed by atoms with Gasteiger partial charge in [0.15, 0.2) is 0 Å². The molecule has 0 aromatic carbocycles. The van der Waals surface area contributed by atoms with Crippen molar-refractivity contribution in [2.24, 2.45) is 0 Å². The minimum Gasteiger partial charge on any atom is -0.465 e. The van der Waals surface area contributed by atoms with Crippen molar-refractivity contribution in [3.63, 3.8) is 0 Å². The van der Waals surface area contributed by atoms with E-state index in [1.807, 2.05) is 6.92 Å². The number of hydrogen-bond donors (Lipinski definition) is 1. The van der Waals surface area contributed by atoms with E-state index in [0.717, 1.165) is 32.5 Å². The number of carbonyl (C=O) groups is 1. The van der Waals surface area contributed by atoms with E-state index in [0.29, 0.717) is 12.6 Å². The van der Waals surface area contributed by atoms with Gasteiger partial charge in [-0.05, 0) is 46.7 Å². The molecule has 0 radical (unpaired) electrons. The van der Waals surface area contributed by atoms with Gasteiger partial charge in [-0.3, -0.25) is 4.79 Å². The zero-order valence-corrected chi connectivity index (χ0v) is 12.7. The van der Waals surface area contributed by atoms with Gasteiger partial charge in [0.05, 0.1) is 6.61 Å². The summed E-state index contributed by atoms with van der Waals surface area (Å²) >= 11 is 0. The van der Waals surface area contributed by atoms with Crippen LogP contribution in [0.15, 0.2) is 0 Å². The van der Waals surface area contributed by atoms with Crippen LogP contribution in [-0.2, 0) is 9.53 Å². The van der Waals surface area contributed by atoms with Crippen molar-refractivity contribution in [3.05, 3.63) is 0 Å². The lowest BCUT2D eigenvalue weighted by Gasteiger charge is -2.26. The van der Waals surface area contributed by atoms with Gasteiger partial charge >= 0.3 is 5.97 Å². The second-order valence-electron chi connectivity index (χ2n) is 4.77. The molecule has 0 heterocycles.